The van der Waals surface area contributed by atoms with E-state index in [0.717, 1.165) is 31.5 Å². The Bertz CT molecular complexity index is 1340. The number of nitrogens with one attached hydrogen (secondary N) is 1. The van der Waals surface area contributed by atoms with E-state index in [4.69, 9.17) is 22.1 Å². The Labute approximate surface area is 224 Å². The lowest BCUT2D eigenvalue weighted by Gasteiger charge is -2.15. The molecule has 1 heterocycles. The maximum Gasteiger partial charge on any atom is 0.335 e. The van der Waals surface area contributed by atoms with Gasteiger partial charge in [0.1, 0.15) is 12.4 Å². The fraction of sp³-hybridized carbons (Fsp3) is 0.0400. The van der Waals surface area contributed by atoms with Gasteiger partial charge in [-0.2, -0.15) is 5.01 Å². The Kier molecular flexibility index (Phi) is 7.83. The molecule has 0 aliphatic carbocycles. The van der Waals surface area contributed by atoms with Crippen molar-refractivity contribution >= 4 is 74.8 Å². The molecule has 7 nitrogen and oxygen atoms in total. The van der Waals surface area contributed by atoms with Crippen molar-refractivity contribution < 1.29 is 24.2 Å². The number of thioether (sulfide) groups is 1. The van der Waals surface area contributed by atoms with Gasteiger partial charge in [-0.25, -0.2) is 4.79 Å². The van der Waals surface area contributed by atoms with Crippen LogP contribution in [0.2, 0.25) is 0 Å². The van der Waals surface area contributed by atoms with Crippen molar-refractivity contribution in [2.45, 2.75) is 6.61 Å². The summed E-state index contributed by atoms with van der Waals surface area (Å²) in [7, 11) is 0. The molecule has 1 saturated heterocycles. The van der Waals surface area contributed by atoms with Crippen molar-refractivity contribution in [2.75, 3.05) is 0 Å². The molecule has 0 spiro atoms. The highest BCUT2D eigenvalue weighted by Gasteiger charge is 2.33. The molecule has 0 aromatic heterocycles. The SMILES string of the molecule is O=C(O)c1ccc(COc2ccc(C=C3SC(=S)N(NC(=O)c4ccccc4)C3=O)cc2I)cc1. The molecular weight excluding hydrogens is 599 g/mol. The van der Waals surface area contributed by atoms with Crippen LogP contribution in [-0.4, -0.2) is 32.2 Å². The third-order valence-corrected chi connectivity index (χ3v) is 7.04. The minimum Gasteiger partial charge on any atom is -0.488 e. The molecule has 4 rings (SSSR count). The highest BCUT2D eigenvalue weighted by atomic mass is 127. The number of carboxylic acid groups (broad SMARTS) is 1. The molecular formula is C25H17IN2O5S2. The molecule has 0 radical (unpaired) electrons. The number of hydrogen-bond acceptors (Lipinski definition) is 6. The molecule has 1 fully saturated rings. The van der Waals surface area contributed by atoms with Gasteiger partial charge in [-0.15, -0.1) is 0 Å². The van der Waals surface area contributed by atoms with Crippen LogP contribution < -0.4 is 10.2 Å². The van der Waals surface area contributed by atoms with Gasteiger partial charge in [0.05, 0.1) is 14.0 Å². The van der Waals surface area contributed by atoms with Crippen LogP contribution in [0, 0.1) is 3.57 Å². The lowest BCUT2D eigenvalue weighted by Crippen LogP contribution is -2.44. The quantitative estimate of drug-likeness (QED) is 0.216. The number of nitrogens with zero attached hydrogens (tertiary/aromatic N) is 1. The molecule has 176 valence electrons. The Hall–Kier alpha value is -3.22. The minimum atomic E-state index is -0.974. The maximum atomic E-state index is 12.8. The fourth-order valence-electron chi connectivity index (χ4n) is 3.10. The van der Waals surface area contributed by atoms with Gasteiger partial charge in [-0.1, -0.05) is 48.2 Å². The summed E-state index contributed by atoms with van der Waals surface area (Å²) in [4.78, 5) is 36.6. The zero-order chi connectivity index (χ0) is 24.9. The van der Waals surface area contributed by atoms with Crippen molar-refractivity contribution in [3.8, 4) is 5.75 Å². The van der Waals surface area contributed by atoms with E-state index in [1.807, 2.05) is 12.1 Å². The maximum absolute atomic E-state index is 12.8. The molecule has 2 amide bonds. The predicted octanol–water partition coefficient (Wildman–Crippen LogP) is 5.11. The average molecular weight is 616 g/mol. The van der Waals surface area contributed by atoms with Crippen molar-refractivity contribution in [3.05, 3.63) is 104 Å². The number of carboxylic acids is 1. The fourth-order valence-corrected chi connectivity index (χ4v) is 4.97. The molecule has 2 N–H and O–H groups in total. The zero-order valence-electron chi connectivity index (χ0n) is 17.9. The van der Waals surface area contributed by atoms with Gasteiger partial charge in [0, 0.05) is 5.56 Å². The number of halogens is 1. The number of aromatic carboxylic acids is 1. The van der Waals surface area contributed by atoms with Gasteiger partial charge in [-0.05, 0) is 88.4 Å². The third-order valence-electron chi connectivity index (χ3n) is 4.89. The van der Waals surface area contributed by atoms with E-state index in [1.54, 1.807) is 54.6 Å². The van der Waals surface area contributed by atoms with Crippen LogP contribution in [0.15, 0.2) is 77.7 Å². The van der Waals surface area contributed by atoms with E-state index in [2.05, 4.69) is 28.0 Å². The summed E-state index contributed by atoms with van der Waals surface area (Å²) in [5.41, 5.74) is 4.83. The summed E-state index contributed by atoms with van der Waals surface area (Å²) in [5, 5.41) is 10.1. The van der Waals surface area contributed by atoms with Crippen molar-refractivity contribution in [1.82, 2.24) is 10.4 Å². The Morgan fingerprint density at radius 2 is 1.77 bits per heavy atom. The number of carbonyl (C=O) groups excluding carboxylic acids is 2. The van der Waals surface area contributed by atoms with Gasteiger partial charge in [0.15, 0.2) is 4.32 Å². The predicted molar refractivity (Wildman–Crippen MR) is 146 cm³/mol. The smallest absolute Gasteiger partial charge is 0.335 e. The monoisotopic (exact) mass is 616 g/mol. The first-order valence-electron chi connectivity index (χ1n) is 10.2. The molecule has 0 saturated carbocycles. The first-order chi connectivity index (χ1) is 16.8. The molecule has 1 aliphatic heterocycles. The molecule has 35 heavy (non-hydrogen) atoms. The highest BCUT2D eigenvalue weighted by molar-refractivity contribution is 14.1. The number of rotatable bonds is 7. The molecule has 3 aromatic carbocycles. The summed E-state index contributed by atoms with van der Waals surface area (Å²) in [6.45, 7) is 0.287. The van der Waals surface area contributed by atoms with E-state index in [0.29, 0.717) is 16.2 Å². The van der Waals surface area contributed by atoms with E-state index in [-0.39, 0.29) is 16.5 Å². The lowest BCUT2D eigenvalue weighted by atomic mass is 10.1. The summed E-state index contributed by atoms with van der Waals surface area (Å²) in [5.74, 6) is -1.13. The van der Waals surface area contributed by atoms with Crippen LogP contribution in [0.1, 0.15) is 31.8 Å². The number of thiocarbonyl (C=S) groups is 1. The topological polar surface area (TPSA) is 95.9 Å². The zero-order valence-corrected chi connectivity index (χ0v) is 21.7. The molecule has 0 atom stereocenters. The summed E-state index contributed by atoms with van der Waals surface area (Å²) in [6, 6.07) is 20.6. The van der Waals surface area contributed by atoms with E-state index in [1.165, 1.54) is 12.1 Å². The summed E-state index contributed by atoms with van der Waals surface area (Å²) >= 11 is 8.55. The number of carbonyl (C=O) groups is 3. The van der Waals surface area contributed by atoms with Gasteiger partial charge < -0.3 is 9.84 Å². The average Bonchev–Trinajstić information content (AvgIpc) is 3.11. The summed E-state index contributed by atoms with van der Waals surface area (Å²) < 4.78 is 6.95. The molecule has 10 heteroatoms. The normalized spacial score (nSPS) is 14.3. The number of ether oxygens (including phenoxy) is 1. The van der Waals surface area contributed by atoms with Crippen molar-refractivity contribution in [3.63, 3.8) is 0 Å². The van der Waals surface area contributed by atoms with Gasteiger partial charge in [0.2, 0.25) is 0 Å². The highest BCUT2D eigenvalue weighted by Crippen LogP contribution is 2.32. The van der Waals surface area contributed by atoms with E-state index in [9.17, 15) is 14.4 Å². The number of benzene rings is 3. The Morgan fingerprint density at radius 3 is 2.43 bits per heavy atom. The van der Waals surface area contributed by atoms with Crippen LogP contribution in [0.5, 0.6) is 5.75 Å². The first-order valence-corrected chi connectivity index (χ1v) is 12.5. The molecule has 0 unspecified atom stereocenters. The number of hydrogen-bond donors (Lipinski definition) is 2. The number of amides is 2. The second-order valence-corrected chi connectivity index (χ2v) is 10.1. The van der Waals surface area contributed by atoms with Crippen molar-refractivity contribution in [1.29, 1.82) is 0 Å². The van der Waals surface area contributed by atoms with Gasteiger partial charge in [-0.3, -0.25) is 15.0 Å². The lowest BCUT2D eigenvalue weighted by molar-refractivity contribution is -0.123. The Morgan fingerprint density at radius 1 is 1.06 bits per heavy atom. The van der Waals surface area contributed by atoms with Crippen LogP contribution in [0.3, 0.4) is 0 Å². The van der Waals surface area contributed by atoms with Crippen LogP contribution in [0.4, 0.5) is 0 Å². The van der Waals surface area contributed by atoms with Crippen LogP contribution in [-0.2, 0) is 11.4 Å². The summed E-state index contributed by atoms with van der Waals surface area (Å²) in [6.07, 6.45) is 1.71. The number of hydrazine groups is 1. The van der Waals surface area contributed by atoms with Gasteiger partial charge in [0.25, 0.3) is 11.8 Å². The molecule has 0 bridgehead atoms. The van der Waals surface area contributed by atoms with E-state index < -0.39 is 17.8 Å². The standard InChI is InChI=1S/C25H17IN2O5S2/c26-19-12-16(8-11-20(19)33-14-15-6-9-18(10-7-15)24(31)32)13-21-23(30)28(25(34)35-21)27-22(29)17-4-2-1-3-5-17/h1-13H,14H2,(H,27,29)(H,31,32). The van der Waals surface area contributed by atoms with E-state index >= 15 is 0 Å². The third kappa shape index (κ3) is 6.08. The van der Waals surface area contributed by atoms with Gasteiger partial charge >= 0.3 is 5.97 Å². The van der Waals surface area contributed by atoms with Crippen molar-refractivity contribution in [2.24, 2.45) is 0 Å². The second kappa shape index (κ2) is 11.0. The van der Waals surface area contributed by atoms with Crippen LogP contribution in [0.25, 0.3) is 6.08 Å². The minimum absolute atomic E-state index is 0.220. The Balaban J connectivity index is 1.41. The molecule has 3 aromatic rings. The molecule has 1 aliphatic rings. The largest absolute Gasteiger partial charge is 0.488 e. The first kappa shape index (κ1) is 24.9. The second-order valence-electron chi connectivity index (χ2n) is 7.30. The van der Waals surface area contributed by atoms with Crippen LogP contribution >= 0.6 is 46.6 Å².